The van der Waals surface area contributed by atoms with E-state index in [-0.39, 0.29) is 5.75 Å². The maximum Gasteiger partial charge on any atom is 0.116 e. The highest BCUT2D eigenvalue weighted by molar-refractivity contribution is 5.45. The third-order valence-corrected chi connectivity index (χ3v) is 1.59. The summed E-state index contributed by atoms with van der Waals surface area (Å²) in [5, 5.41) is 12.1. The lowest BCUT2D eigenvalue weighted by Crippen LogP contribution is -2.06. The second-order valence-corrected chi connectivity index (χ2v) is 2.78. The first-order valence-electron chi connectivity index (χ1n) is 4.43. The Morgan fingerprint density at radius 3 is 2.62 bits per heavy atom. The van der Waals surface area contributed by atoms with E-state index in [2.05, 4.69) is 12.2 Å². The number of rotatable bonds is 5. The molecule has 0 fully saturated rings. The SMILES string of the molecule is CCCOCNc1ccc(O)cc1. The van der Waals surface area contributed by atoms with Gasteiger partial charge in [-0.05, 0) is 30.7 Å². The van der Waals surface area contributed by atoms with Gasteiger partial charge in [0, 0.05) is 12.3 Å². The fraction of sp³-hybridized carbons (Fsp3) is 0.400. The van der Waals surface area contributed by atoms with Crippen LogP contribution in [0.1, 0.15) is 13.3 Å². The molecule has 0 saturated heterocycles. The summed E-state index contributed by atoms with van der Waals surface area (Å²) in [5.74, 6) is 0.278. The van der Waals surface area contributed by atoms with Gasteiger partial charge in [0.2, 0.25) is 0 Å². The fourth-order valence-electron chi connectivity index (χ4n) is 0.930. The van der Waals surface area contributed by atoms with E-state index in [9.17, 15) is 0 Å². The third-order valence-electron chi connectivity index (χ3n) is 1.59. The Morgan fingerprint density at radius 1 is 1.31 bits per heavy atom. The van der Waals surface area contributed by atoms with Gasteiger partial charge in [-0.3, -0.25) is 0 Å². The maximum atomic E-state index is 9.01. The van der Waals surface area contributed by atoms with Crippen LogP contribution < -0.4 is 5.32 Å². The first-order chi connectivity index (χ1) is 6.33. The molecule has 1 aromatic rings. The predicted molar refractivity (Wildman–Crippen MR) is 52.8 cm³/mol. The molecule has 2 N–H and O–H groups in total. The number of aromatic hydroxyl groups is 1. The normalized spacial score (nSPS) is 9.92. The van der Waals surface area contributed by atoms with Crippen LogP contribution in [0.25, 0.3) is 0 Å². The van der Waals surface area contributed by atoms with Crippen molar-refractivity contribution in [2.75, 3.05) is 18.7 Å². The van der Waals surface area contributed by atoms with Crippen LogP contribution in [0, 0.1) is 0 Å². The molecular weight excluding hydrogens is 166 g/mol. The van der Waals surface area contributed by atoms with Crippen LogP contribution in [0.5, 0.6) is 5.75 Å². The molecule has 0 amide bonds. The molecule has 0 unspecified atom stereocenters. The minimum Gasteiger partial charge on any atom is -0.508 e. The summed E-state index contributed by atoms with van der Waals surface area (Å²) in [4.78, 5) is 0. The predicted octanol–water partition coefficient (Wildman–Crippen LogP) is 2.19. The highest BCUT2D eigenvalue weighted by Crippen LogP contribution is 2.13. The van der Waals surface area contributed by atoms with Gasteiger partial charge < -0.3 is 15.2 Å². The van der Waals surface area contributed by atoms with Gasteiger partial charge in [-0.2, -0.15) is 0 Å². The van der Waals surface area contributed by atoms with Crippen LogP contribution in [0.3, 0.4) is 0 Å². The van der Waals surface area contributed by atoms with Crippen molar-refractivity contribution in [1.29, 1.82) is 0 Å². The Kier molecular flexibility index (Phi) is 4.12. The zero-order valence-electron chi connectivity index (χ0n) is 7.79. The molecule has 3 heteroatoms. The lowest BCUT2D eigenvalue weighted by molar-refractivity contribution is 0.153. The first kappa shape index (κ1) is 9.86. The van der Waals surface area contributed by atoms with E-state index in [4.69, 9.17) is 9.84 Å². The summed E-state index contributed by atoms with van der Waals surface area (Å²) in [5.41, 5.74) is 0.953. The van der Waals surface area contributed by atoms with Gasteiger partial charge in [0.1, 0.15) is 12.5 Å². The largest absolute Gasteiger partial charge is 0.508 e. The highest BCUT2D eigenvalue weighted by Gasteiger charge is 1.90. The second kappa shape index (κ2) is 5.43. The number of benzene rings is 1. The molecule has 13 heavy (non-hydrogen) atoms. The van der Waals surface area contributed by atoms with Gasteiger partial charge in [0.25, 0.3) is 0 Å². The molecule has 0 bridgehead atoms. The molecule has 0 spiro atoms. The molecule has 0 radical (unpaired) electrons. The molecule has 1 aromatic carbocycles. The summed E-state index contributed by atoms with van der Waals surface area (Å²) in [7, 11) is 0. The van der Waals surface area contributed by atoms with Crippen LogP contribution in [0.15, 0.2) is 24.3 Å². The zero-order chi connectivity index (χ0) is 9.52. The summed E-state index contributed by atoms with van der Waals surface area (Å²) in [6, 6.07) is 6.90. The standard InChI is InChI=1S/C10H15NO2/c1-2-7-13-8-11-9-3-5-10(12)6-4-9/h3-6,11-12H,2,7-8H2,1H3. The lowest BCUT2D eigenvalue weighted by Gasteiger charge is -2.06. The average molecular weight is 181 g/mol. The Hall–Kier alpha value is -1.22. The molecular formula is C10H15NO2. The van der Waals surface area contributed by atoms with E-state index in [1.54, 1.807) is 12.1 Å². The number of nitrogens with one attached hydrogen (secondary N) is 1. The minimum atomic E-state index is 0.278. The Morgan fingerprint density at radius 2 is 2.00 bits per heavy atom. The molecule has 0 atom stereocenters. The highest BCUT2D eigenvalue weighted by atomic mass is 16.5. The van der Waals surface area contributed by atoms with Crippen LogP contribution >= 0.6 is 0 Å². The van der Waals surface area contributed by atoms with Crippen LogP contribution in [-0.4, -0.2) is 18.4 Å². The number of phenols is 1. The molecule has 3 nitrogen and oxygen atoms in total. The van der Waals surface area contributed by atoms with Gasteiger partial charge in [-0.25, -0.2) is 0 Å². The Balaban J connectivity index is 2.25. The smallest absolute Gasteiger partial charge is 0.116 e. The molecule has 0 heterocycles. The van der Waals surface area contributed by atoms with Crippen molar-refractivity contribution in [3.63, 3.8) is 0 Å². The fourth-order valence-corrected chi connectivity index (χ4v) is 0.930. The summed E-state index contributed by atoms with van der Waals surface area (Å²) in [6.45, 7) is 3.35. The second-order valence-electron chi connectivity index (χ2n) is 2.78. The molecule has 1 rings (SSSR count). The average Bonchev–Trinajstić information content (AvgIpc) is 2.15. The van der Waals surface area contributed by atoms with E-state index < -0.39 is 0 Å². The molecule has 0 aliphatic heterocycles. The number of hydrogen-bond donors (Lipinski definition) is 2. The van der Waals surface area contributed by atoms with Gasteiger partial charge in [0.05, 0.1) is 0 Å². The van der Waals surface area contributed by atoms with E-state index in [0.717, 1.165) is 18.7 Å². The van der Waals surface area contributed by atoms with Crippen molar-refractivity contribution in [2.45, 2.75) is 13.3 Å². The first-order valence-corrected chi connectivity index (χ1v) is 4.43. The number of ether oxygens (including phenoxy) is 1. The van der Waals surface area contributed by atoms with Crippen molar-refractivity contribution in [3.05, 3.63) is 24.3 Å². The van der Waals surface area contributed by atoms with Crippen molar-refractivity contribution in [2.24, 2.45) is 0 Å². The number of phenolic OH excluding ortho intramolecular Hbond substituents is 1. The zero-order valence-corrected chi connectivity index (χ0v) is 7.79. The van der Waals surface area contributed by atoms with E-state index in [1.165, 1.54) is 0 Å². The maximum absolute atomic E-state index is 9.01. The quantitative estimate of drug-likeness (QED) is 0.415. The van der Waals surface area contributed by atoms with Crippen LogP contribution in [0.2, 0.25) is 0 Å². The van der Waals surface area contributed by atoms with Crippen molar-refractivity contribution >= 4 is 5.69 Å². The van der Waals surface area contributed by atoms with Gasteiger partial charge in [-0.1, -0.05) is 6.92 Å². The summed E-state index contributed by atoms with van der Waals surface area (Å²) < 4.78 is 5.24. The van der Waals surface area contributed by atoms with Gasteiger partial charge in [-0.15, -0.1) is 0 Å². The molecule has 0 saturated carbocycles. The third kappa shape index (κ3) is 3.80. The minimum absolute atomic E-state index is 0.278. The van der Waals surface area contributed by atoms with E-state index in [1.807, 2.05) is 12.1 Å². The summed E-state index contributed by atoms with van der Waals surface area (Å²) >= 11 is 0. The topological polar surface area (TPSA) is 41.5 Å². The molecule has 0 aliphatic rings. The number of anilines is 1. The lowest BCUT2D eigenvalue weighted by atomic mass is 10.3. The Bertz CT molecular complexity index is 233. The monoisotopic (exact) mass is 181 g/mol. The van der Waals surface area contributed by atoms with Crippen molar-refractivity contribution in [3.8, 4) is 5.75 Å². The van der Waals surface area contributed by atoms with Crippen molar-refractivity contribution in [1.82, 2.24) is 0 Å². The van der Waals surface area contributed by atoms with Crippen LogP contribution in [0.4, 0.5) is 5.69 Å². The van der Waals surface area contributed by atoms with E-state index in [0.29, 0.717) is 6.73 Å². The van der Waals surface area contributed by atoms with Gasteiger partial charge in [0.15, 0.2) is 0 Å². The molecule has 0 aliphatic carbocycles. The van der Waals surface area contributed by atoms with Crippen LogP contribution in [-0.2, 0) is 4.74 Å². The van der Waals surface area contributed by atoms with Crippen molar-refractivity contribution < 1.29 is 9.84 Å². The van der Waals surface area contributed by atoms with Gasteiger partial charge >= 0.3 is 0 Å². The summed E-state index contributed by atoms with van der Waals surface area (Å²) in [6.07, 6.45) is 1.03. The number of hydrogen-bond acceptors (Lipinski definition) is 3. The molecule has 72 valence electrons. The van der Waals surface area contributed by atoms with E-state index >= 15 is 0 Å². The Labute approximate surface area is 78.3 Å². The molecule has 0 aromatic heterocycles.